The first-order valence-corrected chi connectivity index (χ1v) is 7.55. The first-order chi connectivity index (χ1) is 12.0. The largest absolute Gasteiger partial charge is 0.492 e. The number of benzene rings is 2. The maximum Gasteiger partial charge on any atom is 0.298 e. The van der Waals surface area contributed by atoms with Crippen LogP contribution in [-0.2, 0) is 0 Å². The molecule has 126 valence electrons. The van der Waals surface area contributed by atoms with Gasteiger partial charge in [0.05, 0.1) is 16.3 Å². The summed E-state index contributed by atoms with van der Waals surface area (Å²) in [5.41, 5.74) is 0.973. The summed E-state index contributed by atoms with van der Waals surface area (Å²) in [7, 11) is 0. The van der Waals surface area contributed by atoms with Crippen LogP contribution in [-0.4, -0.2) is 19.8 Å². The lowest BCUT2D eigenvalue weighted by atomic mass is 10.3. The number of aryl methyl sites for hydroxylation is 1. The summed E-state index contributed by atoms with van der Waals surface area (Å²) in [4.78, 5) is 10.5. The van der Waals surface area contributed by atoms with Crippen molar-refractivity contribution in [2.45, 2.75) is 6.92 Å². The Balaban J connectivity index is 2.01. The number of azo groups is 1. The van der Waals surface area contributed by atoms with Crippen molar-refractivity contribution in [3.05, 3.63) is 69.4 Å². The highest BCUT2D eigenvalue weighted by molar-refractivity contribution is 6.30. The van der Waals surface area contributed by atoms with Gasteiger partial charge in [-0.15, -0.1) is 10.2 Å². The number of nitro benzene ring substituents is 1. The number of hydrogen-bond acceptors (Lipinski definition) is 6. The van der Waals surface area contributed by atoms with Crippen molar-refractivity contribution in [3.8, 4) is 11.6 Å². The fraction of sp³-hybridized carbons (Fsp3) is 0.0625. The fourth-order valence-electron chi connectivity index (χ4n) is 2.20. The lowest BCUT2D eigenvalue weighted by Gasteiger charge is -2.01. The van der Waals surface area contributed by atoms with Crippen LogP contribution in [0.2, 0.25) is 5.02 Å². The quantitative estimate of drug-likeness (QED) is 0.408. The van der Waals surface area contributed by atoms with Crippen molar-refractivity contribution in [3.63, 3.8) is 0 Å². The van der Waals surface area contributed by atoms with Gasteiger partial charge in [-0.3, -0.25) is 10.1 Å². The van der Waals surface area contributed by atoms with Crippen molar-refractivity contribution in [2.24, 2.45) is 10.2 Å². The van der Waals surface area contributed by atoms with Gasteiger partial charge in [0.25, 0.3) is 5.69 Å². The van der Waals surface area contributed by atoms with Crippen LogP contribution in [0.25, 0.3) is 5.69 Å². The zero-order valence-electron chi connectivity index (χ0n) is 13.0. The minimum Gasteiger partial charge on any atom is -0.492 e. The molecule has 0 spiro atoms. The average Bonchev–Trinajstić information content (AvgIpc) is 2.89. The fourth-order valence-corrected chi connectivity index (χ4v) is 2.37. The van der Waals surface area contributed by atoms with Gasteiger partial charge in [-0.1, -0.05) is 29.8 Å². The Hall–Kier alpha value is -3.26. The number of nitrogens with zero attached hydrogens (tertiary/aromatic N) is 5. The van der Waals surface area contributed by atoms with E-state index in [9.17, 15) is 15.2 Å². The van der Waals surface area contributed by atoms with Gasteiger partial charge in [0.2, 0.25) is 5.88 Å². The smallest absolute Gasteiger partial charge is 0.298 e. The molecule has 0 unspecified atom stereocenters. The van der Waals surface area contributed by atoms with Crippen molar-refractivity contribution in [1.29, 1.82) is 0 Å². The molecular formula is C16H12ClN5O3. The monoisotopic (exact) mass is 357 g/mol. The molecule has 0 saturated heterocycles. The number of nitro groups is 1. The van der Waals surface area contributed by atoms with Crippen LogP contribution < -0.4 is 0 Å². The van der Waals surface area contributed by atoms with Gasteiger partial charge in [0.15, 0.2) is 11.4 Å². The third-order valence-electron chi connectivity index (χ3n) is 3.40. The molecule has 1 aromatic heterocycles. The predicted molar refractivity (Wildman–Crippen MR) is 92.2 cm³/mol. The number of para-hydroxylation sites is 1. The Morgan fingerprint density at radius 3 is 2.60 bits per heavy atom. The molecule has 9 heteroatoms. The zero-order valence-corrected chi connectivity index (χ0v) is 13.8. The van der Waals surface area contributed by atoms with E-state index in [1.165, 1.54) is 22.9 Å². The average molecular weight is 358 g/mol. The van der Waals surface area contributed by atoms with Crippen molar-refractivity contribution >= 4 is 28.7 Å². The lowest BCUT2D eigenvalue weighted by molar-refractivity contribution is -0.384. The Bertz CT molecular complexity index is 969. The standard InChI is InChI=1S/C16H12ClN5O3/c1-10-15(16(23)21(20-10)12-5-3-2-4-6-12)19-18-13-8-7-11(17)9-14(13)22(24)25/h2-9,23H,1H3. The highest BCUT2D eigenvalue weighted by atomic mass is 35.5. The molecule has 3 rings (SSSR count). The SMILES string of the molecule is Cc1nn(-c2ccccc2)c(O)c1N=Nc1ccc(Cl)cc1[N+](=O)[O-]. The second kappa shape index (κ2) is 6.70. The second-order valence-electron chi connectivity index (χ2n) is 5.10. The number of aromatic nitrogens is 2. The van der Waals surface area contributed by atoms with Crippen molar-refractivity contribution < 1.29 is 10.0 Å². The molecule has 25 heavy (non-hydrogen) atoms. The molecule has 0 atom stereocenters. The summed E-state index contributed by atoms with van der Waals surface area (Å²) in [5.74, 6) is -0.205. The molecule has 0 aliphatic rings. The van der Waals surface area contributed by atoms with Crippen molar-refractivity contribution in [1.82, 2.24) is 9.78 Å². The van der Waals surface area contributed by atoms with Crippen LogP contribution in [0, 0.1) is 17.0 Å². The third kappa shape index (κ3) is 3.33. The summed E-state index contributed by atoms with van der Waals surface area (Å²) < 4.78 is 1.32. The second-order valence-corrected chi connectivity index (χ2v) is 5.53. The Morgan fingerprint density at radius 2 is 1.92 bits per heavy atom. The number of rotatable bonds is 4. The normalized spacial score (nSPS) is 11.1. The van der Waals surface area contributed by atoms with E-state index in [0.717, 1.165) is 0 Å². The highest BCUT2D eigenvalue weighted by Crippen LogP contribution is 2.36. The maximum absolute atomic E-state index is 11.1. The summed E-state index contributed by atoms with van der Waals surface area (Å²) >= 11 is 5.77. The van der Waals surface area contributed by atoms with E-state index in [4.69, 9.17) is 11.6 Å². The van der Waals surface area contributed by atoms with Gasteiger partial charge in [-0.2, -0.15) is 9.78 Å². The van der Waals surface area contributed by atoms with E-state index in [0.29, 0.717) is 11.4 Å². The molecule has 1 N–H and O–H groups in total. The van der Waals surface area contributed by atoms with Gasteiger partial charge in [0, 0.05) is 11.1 Å². The summed E-state index contributed by atoms with van der Waals surface area (Å²) in [6, 6.07) is 13.1. The van der Waals surface area contributed by atoms with E-state index < -0.39 is 4.92 Å². The number of halogens is 1. The van der Waals surface area contributed by atoms with Crippen LogP contribution in [0.4, 0.5) is 17.1 Å². The molecule has 2 aromatic carbocycles. The molecule has 0 bridgehead atoms. The van der Waals surface area contributed by atoms with Gasteiger partial charge in [0.1, 0.15) is 0 Å². The molecule has 0 radical (unpaired) electrons. The zero-order chi connectivity index (χ0) is 18.0. The molecule has 0 aliphatic carbocycles. The molecule has 0 amide bonds. The Kier molecular flexibility index (Phi) is 4.44. The van der Waals surface area contributed by atoms with E-state index in [-0.39, 0.29) is 28.0 Å². The molecule has 0 aliphatic heterocycles. The minimum absolute atomic E-state index is 0.0284. The highest BCUT2D eigenvalue weighted by Gasteiger charge is 2.17. The predicted octanol–water partition coefficient (Wildman–Crippen LogP) is 4.86. The van der Waals surface area contributed by atoms with Gasteiger partial charge >= 0.3 is 0 Å². The third-order valence-corrected chi connectivity index (χ3v) is 3.63. The number of hydrogen-bond donors (Lipinski definition) is 1. The first-order valence-electron chi connectivity index (χ1n) is 7.17. The molecule has 0 saturated carbocycles. The van der Waals surface area contributed by atoms with Crippen LogP contribution in [0.3, 0.4) is 0 Å². The van der Waals surface area contributed by atoms with E-state index >= 15 is 0 Å². The maximum atomic E-state index is 11.1. The topological polar surface area (TPSA) is 106 Å². The molecule has 3 aromatic rings. The molecule has 0 fully saturated rings. The van der Waals surface area contributed by atoms with Crippen LogP contribution in [0.5, 0.6) is 5.88 Å². The van der Waals surface area contributed by atoms with E-state index in [1.807, 2.05) is 18.2 Å². The van der Waals surface area contributed by atoms with E-state index in [1.54, 1.807) is 19.1 Å². The van der Waals surface area contributed by atoms with Gasteiger partial charge in [-0.05, 0) is 31.2 Å². The molecular weight excluding hydrogens is 346 g/mol. The van der Waals surface area contributed by atoms with E-state index in [2.05, 4.69) is 15.3 Å². The lowest BCUT2D eigenvalue weighted by Crippen LogP contribution is -1.94. The van der Waals surface area contributed by atoms with Crippen LogP contribution >= 0.6 is 11.6 Å². The molecule has 8 nitrogen and oxygen atoms in total. The van der Waals surface area contributed by atoms with Gasteiger partial charge < -0.3 is 5.11 Å². The first kappa shape index (κ1) is 16.6. The van der Waals surface area contributed by atoms with Crippen LogP contribution in [0.15, 0.2) is 58.8 Å². The molecule has 1 heterocycles. The Morgan fingerprint density at radius 1 is 1.20 bits per heavy atom. The number of aromatic hydroxyl groups is 1. The summed E-state index contributed by atoms with van der Waals surface area (Å²) in [6.07, 6.45) is 0. The Labute approximate surface area is 147 Å². The summed E-state index contributed by atoms with van der Waals surface area (Å²) in [6.45, 7) is 1.66. The van der Waals surface area contributed by atoms with Gasteiger partial charge in [-0.25, -0.2) is 0 Å². The minimum atomic E-state index is -0.597. The summed E-state index contributed by atoms with van der Waals surface area (Å²) in [5, 5.41) is 33.7. The van der Waals surface area contributed by atoms with Crippen LogP contribution in [0.1, 0.15) is 5.69 Å². The van der Waals surface area contributed by atoms with Crippen molar-refractivity contribution in [2.75, 3.05) is 0 Å².